The Morgan fingerprint density at radius 1 is 1.50 bits per heavy atom. The summed E-state index contributed by atoms with van der Waals surface area (Å²) in [5.74, 6) is -1.40. The number of nitrogens with zero attached hydrogens (tertiary/aromatic N) is 1. The molecule has 0 bridgehead atoms. The van der Waals surface area contributed by atoms with Gasteiger partial charge in [0.25, 0.3) is 5.56 Å². The first-order valence-electron chi connectivity index (χ1n) is 3.91. The maximum absolute atomic E-state index is 12.4. The van der Waals surface area contributed by atoms with Gasteiger partial charge in [-0.05, 0) is 22.0 Å². The van der Waals surface area contributed by atoms with Crippen molar-refractivity contribution in [1.82, 2.24) is 4.57 Å². The summed E-state index contributed by atoms with van der Waals surface area (Å²) in [7, 11) is 0. The number of aromatic nitrogens is 1. The van der Waals surface area contributed by atoms with Gasteiger partial charge in [-0.1, -0.05) is 0 Å². The highest BCUT2D eigenvalue weighted by Gasteiger charge is 2.35. The van der Waals surface area contributed by atoms with E-state index in [1.807, 2.05) is 0 Å². The fourth-order valence-electron chi connectivity index (χ4n) is 1.07. The zero-order chi connectivity index (χ0) is 12.5. The maximum atomic E-state index is 12.4. The predicted octanol–water partition coefficient (Wildman–Crippen LogP) is 1.71. The van der Waals surface area contributed by atoms with Gasteiger partial charge in [-0.25, -0.2) is 0 Å². The summed E-state index contributed by atoms with van der Waals surface area (Å²) in [5, 5.41) is 8.42. The SMILES string of the molecule is O=C(O)Cn1cc(Br)cc(C(F)(F)F)c1=O. The topological polar surface area (TPSA) is 59.3 Å². The molecule has 0 spiro atoms. The van der Waals surface area contributed by atoms with Gasteiger partial charge in [0.15, 0.2) is 0 Å². The van der Waals surface area contributed by atoms with E-state index in [1.54, 1.807) is 0 Å². The largest absolute Gasteiger partial charge is 0.480 e. The first-order chi connectivity index (χ1) is 7.21. The van der Waals surface area contributed by atoms with E-state index in [9.17, 15) is 22.8 Å². The zero-order valence-electron chi connectivity index (χ0n) is 7.58. The summed E-state index contributed by atoms with van der Waals surface area (Å²) in [6.07, 6.45) is -3.81. The van der Waals surface area contributed by atoms with E-state index in [4.69, 9.17) is 5.11 Å². The van der Waals surface area contributed by atoms with Crippen LogP contribution >= 0.6 is 15.9 Å². The van der Waals surface area contributed by atoms with Crippen molar-refractivity contribution < 1.29 is 23.1 Å². The average molecular weight is 300 g/mol. The molecule has 1 N–H and O–H groups in total. The number of hydrogen-bond acceptors (Lipinski definition) is 2. The van der Waals surface area contributed by atoms with Crippen LogP contribution in [0.25, 0.3) is 0 Å². The van der Waals surface area contributed by atoms with Crippen LogP contribution in [-0.4, -0.2) is 15.6 Å². The summed E-state index contributed by atoms with van der Waals surface area (Å²) in [4.78, 5) is 21.6. The van der Waals surface area contributed by atoms with Crippen LogP contribution in [0, 0.1) is 0 Å². The van der Waals surface area contributed by atoms with E-state index in [0.717, 1.165) is 6.20 Å². The van der Waals surface area contributed by atoms with E-state index in [1.165, 1.54) is 0 Å². The molecule has 0 atom stereocenters. The monoisotopic (exact) mass is 299 g/mol. The Balaban J connectivity index is 3.38. The molecule has 0 radical (unpaired) electrons. The van der Waals surface area contributed by atoms with Gasteiger partial charge >= 0.3 is 12.1 Å². The summed E-state index contributed by atoms with van der Waals surface area (Å²) in [6, 6.07) is 0.612. The Bertz CT molecular complexity index is 480. The number of hydrogen-bond donors (Lipinski definition) is 1. The second-order valence-electron chi connectivity index (χ2n) is 2.90. The fourth-order valence-corrected chi connectivity index (χ4v) is 1.54. The van der Waals surface area contributed by atoms with Crippen molar-refractivity contribution in [3.8, 4) is 0 Å². The average Bonchev–Trinajstić information content (AvgIpc) is 2.07. The molecule has 0 fully saturated rings. The third-order valence-corrected chi connectivity index (χ3v) is 2.10. The minimum atomic E-state index is -4.80. The smallest absolute Gasteiger partial charge is 0.421 e. The Morgan fingerprint density at radius 3 is 2.50 bits per heavy atom. The molecule has 0 aliphatic carbocycles. The molecule has 0 saturated carbocycles. The van der Waals surface area contributed by atoms with Crippen molar-refractivity contribution in [2.24, 2.45) is 0 Å². The molecule has 0 unspecified atom stereocenters. The van der Waals surface area contributed by atoms with Gasteiger partial charge in [0.1, 0.15) is 12.1 Å². The molecule has 0 saturated heterocycles. The molecule has 16 heavy (non-hydrogen) atoms. The Kier molecular flexibility index (Phi) is 3.41. The molecule has 1 aromatic heterocycles. The van der Waals surface area contributed by atoms with E-state index in [-0.39, 0.29) is 4.47 Å². The summed E-state index contributed by atoms with van der Waals surface area (Å²) >= 11 is 2.78. The van der Waals surface area contributed by atoms with Crippen molar-refractivity contribution in [2.45, 2.75) is 12.7 Å². The van der Waals surface area contributed by atoms with E-state index >= 15 is 0 Å². The molecule has 8 heteroatoms. The highest BCUT2D eigenvalue weighted by Crippen LogP contribution is 2.28. The van der Waals surface area contributed by atoms with E-state index in [0.29, 0.717) is 10.6 Å². The number of halogens is 4. The normalized spacial score (nSPS) is 11.5. The van der Waals surface area contributed by atoms with Gasteiger partial charge in [-0.2, -0.15) is 13.2 Å². The minimum Gasteiger partial charge on any atom is -0.480 e. The lowest BCUT2D eigenvalue weighted by atomic mass is 10.2. The Labute approximate surface area is 95.4 Å². The highest BCUT2D eigenvalue weighted by atomic mass is 79.9. The van der Waals surface area contributed by atoms with Crippen molar-refractivity contribution >= 4 is 21.9 Å². The first-order valence-corrected chi connectivity index (χ1v) is 4.70. The molecule has 1 aromatic rings. The van der Waals surface area contributed by atoms with Crippen LogP contribution in [-0.2, 0) is 17.5 Å². The predicted molar refractivity (Wildman–Crippen MR) is 51.0 cm³/mol. The van der Waals surface area contributed by atoms with Crippen molar-refractivity contribution in [3.63, 3.8) is 0 Å². The lowest BCUT2D eigenvalue weighted by Crippen LogP contribution is -2.30. The molecule has 0 amide bonds. The molecule has 88 valence electrons. The van der Waals surface area contributed by atoms with Crippen molar-refractivity contribution in [2.75, 3.05) is 0 Å². The number of carboxylic acids is 1. The van der Waals surface area contributed by atoms with Crippen molar-refractivity contribution in [1.29, 1.82) is 0 Å². The number of alkyl halides is 3. The highest BCUT2D eigenvalue weighted by molar-refractivity contribution is 9.10. The second-order valence-corrected chi connectivity index (χ2v) is 3.81. The summed E-state index contributed by atoms with van der Waals surface area (Å²) in [5.41, 5.74) is -2.78. The fraction of sp³-hybridized carbons (Fsp3) is 0.250. The number of rotatable bonds is 2. The molecule has 0 aliphatic heterocycles. The zero-order valence-corrected chi connectivity index (χ0v) is 9.17. The van der Waals surface area contributed by atoms with Crippen LogP contribution in [0.15, 0.2) is 21.5 Å². The van der Waals surface area contributed by atoms with Gasteiger partial charge in [0.2, 0.25) is 0 Å². The lowest BCUT2D eigenvalue weighted by Gasteiger charge is -2.09. The summed E-state index contributed by atoms with van der Waals surface area (Å²) < 4.78 is 37.6. The molecule has 1 heterocycles. The third-order valence-electron chi connectivity index (χ3n) is 1.66. The molecule has 4 nitrogen and oxygen atoms in total. The van der Waals surface area contributed by atoms with Crippen LogP contribution in [0.3, 0.4) is 0 Å². The number of carboxylic acid groups (broad SMARTS) is 1. The second kappa shape index (κ2) is 4.28. The van der Waals surface area contributed by atoms with Crippen LogP contribution in [0.1, 0.15) is 5.56 Å². The molecule has 1 rings (SSSR count). The summed E-state index contributed by atoms with van der Waals surface area (Å²) in [6.45, 7) is -0.818. The van der Waals surface area contributed by atoms with Gasteiger partial charge in [0.05, 0.1) is 0 Å². The molecular weight excluding hydrogens is 295 g/mol. The van der Waals surface area contributed by atoms with E-state index < -0.39 is 29.8 Å². The third kappa shape index (κ3) is 2.84. The minimum absolute atomic E-state index is 0.0133. The quantitative estimate of drug-likeness (QED) is 0.904. The lowest BCUT2D eigenvalue weighted by molar-refractivity contribution is -0.141. The first kappa shape index (κ1) is 12.8. The number of carbonyl (C=O) groups is 1. The van der Waals surface area contributed by atoms with Gasteiger partial charge in [0, 0.05) is 10.7 Å². The molecular formula is C8H5BrF3NO3. The standard InChI is InChI=1S/C8H5BrF3NO3/c9-4-1-5(8(10,11)12)7(16)13(2-4)3-6(14)15/h1-2H,3H2,(H,14,15). The Hall–Kier alpha value is -1.31. The van der Waals surface area contributed by atoms with Gasteiger partial charge < -0.3 is 9.67 Å². The molecule has 0 aromatic carbocycles. The Morgan fingerprint density at radius 2 is 2.06 bits per heavy atom. The van der Waals surface area contributed by atoms with Crippen molar-refractivity contribution in [3.05, 3.63) is 32.7 Å². The number of pyridine rings is 1. The van der Waals surface area contributed by atoms with Crippen LogP contribution in [0.5, 0.6) is 0 Å². The molecule has 0 aliphatic rings. The van der Waals surface area contributed by atoms with Gasteiger partial charge in [-0.15, -0.1) is 0 Å². The van der Waals surface area contributed by atoms with Gasteiger partial charge in [-0.3, -0.25) is 9.59 Å². The van der Waals surface area contributed by atoms with Crippen LogP contribution < -0.4 is 5.56 Å². The maximum Gasteiger partial charge on any atom is 0.421 e. The van der Waals surface area contributed by atoms with E-state index in [2.05, 4.69) is 15.9 Å². The number of aliphatic carboxylic acids is 1. The van der Waals surface area contributed by atoms with Crippen LogP contribution in [0.4, 0.5) is 13.2 Å². The van der Waals surface area contributed by atoms with Crippen LogP contribution in [0.2, 0.25) is 0 Å².